The lowest BCUT2D eigenvalue weighted by Gasteiger charge is -2.12. The molecule has 0 saturated heterocycles. The lowest BCUT2D eigenvalue weighted by atomic mass is 10.1. The van der Waals surface area contributed by atoms with Crippen LogP contribution in [0.3, 0.4) is 0 Å². The van der Waals surface area contributed by atoms with Crippen LogP contribution in [0.5, 0.6) is 5.75 Å². The van der Waals surface area contributed by atoms with Gasteiger partial charge < -0.3 is 10.4 Å². The van der Waals surface area contributed by atoms with Crippen molar-refractivity contribution < 1.29 is 5.11 Å². The molecule has 0 bridgehead atoms. The van der Waals surface area contributed by atoms with Gasteiger partial charge in [-0.25, -0.2) is 0 Å². The van der Waals surface area contributed by atoms with Crippen molar-refractivity contribution in [2.75, 3.05) is 5.32 Å². The molecule has 0 fully saturated rings. The zero-order valence-corrected chi connectivity index (χ0v) is 11.5. The van der Waals surface area contributed by atoms with Gasteiger partial charge in [-0.3, -0.25) is 0 Å². The second-order valence-corrected chi connectivity index (χ2v) is 4.80. The normalized spacial score (nSPS) is 9.83. The lowest BCUT2D eigenvalue weighted by Crippen LogP contribution is -1.95. The monoisotopic (exact) mass is 322 g/mol. The number of para-hydroxylation sites is 1. The summed E-state index contributed by atoms with van der Waals surface area (Å²) in [5, 5.41) is 22.3. The van der Waals surface area contributed by atoms with Crippen LogP contribution >= 0.6 is 27.5 Å². The van der Waals surface area contributed by atoms with Gasteiger partial charge in [0.1, 0.15) is 11.8 Å². The Labute approximate surface area is 118 Å². The number of nitrogens with zero attached hydrogens (tertiary/aromatic N) is 1. The predicted molar refractivity (Wildman–Crippen MR) is 75.3 cm³/mol. The van der Waals surface area contributed by atoms with Crippen LogP contribution in [0.2, 0.25) is 5.02 Å². The number of benzene rings is 2. The van der Waals surface area contributed by atoms with Gasteiger partial charge in [0.15, 0.2) is 5.75 Å². The highest BCUT2D eigenvalue weighted by Crippen LogP contribution is 2.40. The summed E-state index contributed by atoms with van der Waals surface area (Å²) in [4.78, 5) is 0. The number of hydrogen-bond acceptors (Lipinski definition) is 3. The Balaban J connectivity index is 2.54. The molecule has 0 heterocycles. The number of nitriles is 1. The van der Waals surface area contributed by atoms with Crippen molar-refractivity contribution in [1.82, 2.24) is 0 Å². The average molecular weight is 324 g/mol. The first-order valence-electron chi connectivity index (χ1n) is 5.06. The molecule has 18 heavy (non-hydrogen) atoms. The summed E-state index contributed by atoms with van der Waals surface area (Å²) in [5.41, 5.74) is 1.27. The summed E-state index contributed by atoms with van der Waals surface area (Å²) >= 11 is 9.16. The Hall–Kier alpha value is -1.70. The van der Waals surface area contributed by atoms with E-state index in [2.05, 4.69) is 21.2 Å². The first kappa shape index (κ1) is 12.7. The summed E-state index contributed by atoms with van der Waals surface area (Å²) in [5.74, 6) is -0.0418. The molecule has 2 aromatic carbocycles. The van der Waals surface area contributed by atoms with Crippen LogP contribution < -0.4 is 5.32 Å². The van der Waals surface area contributed by atoms with Crippen molar-refractivity contribution in [2.24, 2.45) is 0 Å². The third-order valence-electron chi connectivity index (χ3n) is 2.36. The van der Waals surface area contributed by atoms with Crippen LogP contribution in [0.25, 0.3) is 0 Å². The number of aromatic hydroxyl groups is 1. The van der Waals surface area contributed by atoms with Crippen LogP contribution in [0, 0.1) is 11.3 Å². The first-order chi connectivity index (χ1) is 8.63. The fraction of sp³-hybridized carbons (Fsp3) is 0. The molecule has 0 aliphatic rings. The maximum absolute atomic E-state index is 9.98. The van der Waals surface area contributed by atoms with E-state index in [1.54, 1.807) is 0 Å². The minimum atomic E-state index is -0.0418. The van der Waals surface area contributed by atoms with Gasteiger partial charge >= 0.3 is 0 Å². The molecule has 0 atom stereocenters. The van der Waals surface area contributed by atoms with Crippen LogP contribution in [-0.4, -0.2) is 5.11 Å². The van der Waals surface area contributed by atoms with Crippen molar-refractivity contribution in [3.05, 3.63) is 51.5 Å². The van der Waals surface area contributed by atoms with Crippen LogP contribution in [0.4, 0.5) is 11.4 Å². The molecule has 0 unspecified atom stereocenters. The number of hydrogen-bond donors (Lipinski definition) is 2. The molecule has 0 aliphatic heterocycles. The van der Waals surface area contributed by atoms with Crippen LogP contribution in [0.15, 0.2) is 40.9 Å². The van der Waals surface area contributed by atoms with E-state index in [-0.39, 0.29) is 16.3 Å². The van der Waals surface area contributed by atoms with Crippen molar-refractivity contribution in [3.8, 4) is 11.8 Å². The molecule has 5 heteroatoms. The smallest absolute Gasteiger partial charge is 0.154 e. The average Bonchev–Trinajstić information content (AvgIpc) is 2.37. The molecular formula is C13H8BrClN2O. The van der Waals surface area contributed by atoms with Gasteiger partial charge in [0, 0.05) is 5.69 Å². The molecule has 2 aromatic rings. The molecule has 0 spiro atoms. The summed E-state index contributed by atoms with van der Waals surface area (Å²) in [6.45, 7) is 0. The van der Waals surface area contributed by atoms with Gasteiger partial charge in [0.05, 0.1) is 15.1 Å². The second kappa shape index (κ2) is 5.30. The zero-order valence-electron chi connectivity index (χ0n) is 9.11. The summed E-state index contributed by atoms with van der Waals surface area (Å²) < 4.78 is 0.435. The first-order valence-corrected chi connectivity index (χ1v) is 6.23. The molecule has 0 aliphatic carbocycles. The van der Waals surface area contributed by atoms with E-state index < -0.39 is 0 Å². The highest BCUT2D eigenvalue weighted by Gasteiger charge is 2.15. The summed E-state index contributed by atoms with van der Waals surface area (Å²) in [6.07, 6.45) is 0. The number of anilines is 2. The highest BCUT2D eigenvalue weighted by molar-refractivity contribution is 9.10. The Kier molecular flexibility index (Phi) is 3.75. The van der Waals surface area contributed by atoms with Crippen LogP contribution in [-0.2, 0) is 0 Å². The Morgan fingerprint density at radius 3 is 2.56 bits per heavy atom. The van der Waals surface area contributed by atoms with E-state index in [1.807, 2.05) is 36.4 Å². The van der Waals surface area contributed by atoms with Crippen LogP contribution in [0.1, 0.15) is 5.56 Å². The molecule has 2 N–H and O–H groups in total. The SMILES string of the molecule is N#Cc1c(Cl)cc(Br)c(O)c1Nc1ccccc1. The minimum Gasteiger partial charge on any atom is -0.505 e. The molecule has 3 nitrogen and oxygen atoms in total. The molecule has 0 aromatic heterocycles. The van der Waals surface area contributed by atoms with E-state index >= 15 is 0 Å². The van der Waals surface area contributed by atoms with E-state index in [0.717, 1.165) is 5.69 Å². The van der Waals surface area contributed by atoms with E-state index in [1.165, 1.54) is 6.07 Å². The van der Waals surface area contributed by atoms with Crippen molar-refractivity contribution in [3.63, 3.8) is 0 Å². The summed E-state index contributed by atoms with van der Waals surface area (Å²) in [6, 6.07) is 12.7. The molecule has 0 amide bonds. The number of nitrogens with one attached hydrogen (secondary N) is 1. The molecule has 0 radical (unpaired) electrons. The number of halogens is 2. The number of rotatable bonds is 2. The predicted octanol–water partition coefficient (Wildman–Crippen LogP) is 4.42. The standard InChI is InChI=1S/C13H8BrClN2O/c14-10-6-11(15)9(7-16)12(13(10)18)17-8-4-2-1-3-5-8/h1-6,17-18H. The van der Waals surface area contributed by atoms with Gasteiger partial charge in [0.2, 0.25) is 0 Å². The Morgan fingerprint density at radius 2 is 1.94 bits per heavy atom. The Bertz CT molecular complexity index is 623. The van der Waals surface area contributed by atoms with Gasteiger partial charge in [0.25, 0.3) is 0 Å². The van der Waals surface area contributed by atoms with E-state index in [0.29, 0.717) is 10.2 Å². The van der Waals surface area contributed by atoms with Gasteiger partial charge in [-0.1, -0.05) is 29.8 Å². The maximum Gasteiger partial charge on any atom is 0.154 e. The third-order valence-corrected chi connectivity index (χ3v) is 3.26. The topological polar surface area (TPSA) is 56.0 Å². The fourth-order valence-electron chi connectivity index (χ4n) is 1.51. The van der Waals surface area contributed by atoms with Crippen molar-refractivity contribution in [1.29, 1.82) is 5.26 Å². The fourth-order valence-corrected chi connectivity index (χ4v) is 2.31. The van der Waals surface area contributed by atoms with E-state index in [9.17, 15) is 5.11 Å². The number of phenols is 1. The zero-order chi connectivity index (χ0) is 13.1. The van der Waals surface area contributed by atoms with E-state index in [4.69, 9.17) is 16.9 Å². The Morgan fingerprint density at radius 1 is 1.28 bits per heavy atom. The van der Waals surface area contributed by atoms with Gasteiger partial charge in [-0.2, -0.15) is 5.26 Å². The lowest BCUT2D eigenvalue weighted by molar-refractivity contribution is 0.474. The van der Waals surface area contributed by atoms with Gasteiger partial charge in [-0.05, 0) is 34.1 Å². The minimum absolute atomic E-state index is 0.0418. The molecular weight excluding hydrogens is 316 g/mol. The highest BCUT2D eigenvalue weighted by atomic mass is 79.9. The maximum atomic E-state index is 9.98. The number of phenolic OH excluding ortho intramolecular Hbond substituents is 1. The van der Waals surface area contributed by atoms with Crippen molar-refractivity contribution in [2.45, 2.75) is 0 Å². The second-order valence-electron chi connectivity index (χ2n) is 3.54. The molecule has 2 rings (SSSR count). The quantitative estimate of drug-likeness (QED) is 0.804. The molecule has 0 saturated carbocycles. The van der Waals surface area contributed by atoms with Crippen molar-refractivity contribution >= 4 is 38.9 Å². The largest absolute Gasteiger partial charge is 0.505 e. The third kappa shape index (κ3) is 2.42. The van der Waals surface area contributed by atoms with Gasteiger partial charge in [-0.15, -0.1) is 0 Å². The molecule has 90 valence electrons. The summed E-state index contributed by atoms with van der Waals surface area (Å²) in [7, 11) is 0.